The van der Waals surface area contributed by atoms with E-state index in [9.17, 15) is 22.8 Å². The Labute approximate surface area is 257 Å². The number of carbonyl (C=O) groups is 3. The van der Waals surface area contributed by atoms with E-state index in [-0.39, 0.29) is 59.7 Å². The molecule has 0 saturated heterocycles. The van der Waals surface area contributed by atoms with Crippen molar-refractivity contribution in [1.82, 2.24) is 10.0 Å². The van der Waals surface area contributed by atoms with Gasteiger partial charge in [0.1, 0.15) is 12.2 Å². The third-order valence-corrected chi connectivity index (χ3v) is 13.2. The maximum atomic E-state index is 12.6. The minimum Gasteiger partial charge on any atom is -0.463 e. The Kier molecular flexibility index (Phi) is 10.5. The summed E-state index contributed by atoms with van der Waals surface area (Å²) in [5.74, 6) is 1.51. The van der Waals surface area contributed by atoms with Gasteiger partial charge in [0.15, 0.2) is 0 Å². The number of rotatable bonds is 11. The molecule has 0 heterocycles. The van der Waals surface area contributed by atoms with Crippen molar-refractivity contribution in [3.05, 3.63) is 0 Å². The molecule has 0 radical (unpaired) electrons. The van der Waals surface area contributed by atoms with Gasteiger partial charge >= 0.3 is 11.9 Å². The van der Waals surface area contributed by atoms with E-state index in [0.717, 1.165) is 57.8 Å². The average Bonchev–Trinajstić information content (AvgIpc) is 3.28. The number of amides is 1. The van der Waals surface area contributed by atoms with Gasteiger partial charge in [0.05, 0.1) is 18.4 Å². The highest BCUT2D eigenvalue weighted by Crippen LogP contribution is 2.68. The summed E-state index contributed by atoms with van der Waals surface area (Å²) in [5, 5.41) is 11.3. The van der Waals surface area contributed by atoms with Crippen LogP contribution < -0.4 is 10.0 Å². The predicted molar refractivity (Wildman–Crippen MR) is 161 cm³/mol. The van der Waals surface area contributed by atoms with Gasteiger partial charge in [-0.1, -0.05) is 20.8 Å². The Morgan fingerprint density at radius 2 is 1.65 bits per heavy atom. The number of fused-ring (bicyclic) bond motifs is 5. The van der Waals surface area contributed by atoms with Gasteiger partial charge in [-0.05, 0) is 98.2 Å². The largest absolute Gasteiger partial charge is 0.463 e. The van der Waals surface area contributed by atoms with Crippen LogP contribution >= 0.6 is 0 Å². The van der Waals surface area contributed by atoms with E-state index in [2.05, 4.69) is 30.8 Å². The fourth-order valence-corrected chi connectivity index (χ4v) is 10.8. The second-order valence-electron chi connectivity index (χ2n) is 14.3. The Balaban J connectivity index is 1.40. The first-order chi connectivity index (χ1) is 20.2. The first kappa shape index (κ1) is 33.7. The van der Waals surface area contributed by atoms with Crippen LogP contribution in [-0.4, -0.2) is 57.3 Å². The molecule has 2 N–H and O–H groups in total. The van der Waals surface area contributed by atoms with Crippen molar-refractivity contribution < 1.29 is 32.3 Å². The minimum atomic E-state index is -3.59. The van der Waals surface area contributed by atoms with Crippen molar-refractivity contribution in [3.63, 3.8) is 0 Å². The standard InChI is InChI=1S/C32H51N3O7S/c1-20(6-9-29(38)34-16-17-43(39,40)35-15-14-33)25-7-8-26-30-27(11-13-32(25,26)5)31(4)12-10-24(41-21(2)36)18-23(31)19-28(30)42-22(3)37/h20,23-28,30,35H,6-13,15-19H2,1-5H3,(H,34,38)/t20-,23+,24-,25-,26+,27+,28-,30+,31+,32-/m1/s1. The van der Waals surface area contributed by atoms with Crippen molar-refractivity contribution in [1.29, 1.82) is 5.26 Å². The van der Waals surface area contributed by atoms with Gasteiger partial charge in [-0.15, -0.1) is 0 Å². The van der Waals surface area contributed by atoms with Gasteiger partial charge in [0, 0.05) is 32.7 Å². The van der Waals surface area contributed by atoms with Crippen LogP contribution in [0.15, 0.2) is 0 Å². The molecular weight excluding hydrogens is 570 g/mol. The average molecular weight is 622 g/mol. The summed E-state index contributed by atoms with van der Waals surface area (Å²) < 4.78 is 37.6. The molecule has 4 rings (SSSR count). The molecule has 4 aliphatic rings. The molecule has 43 heavy (non-hydrogen) atoms. The highest BCUT2D eigenvalue weighted by molar-refractivity contribution is 7.89. The Morgan fingerprint density at radius 3 is 2.33 bits per heavy atom. The van der Waals surface area contributed by atoms with Gasteiger partial charge in [-0.3, -0.25) is 14.4 Å². The van der Waals surface area contributed by atoms with Crippen molar-refractivity contribution >= 4 is 27.9 Å². The molecule has 11 heteroatoms. The quantitative estimate of drug-likeness (QED) is 0.259. The third-order valence-electron chi connectivity index (χ3n) is 11.9. The second kappa shape index (κ2) is 13.4. The summed E-state index contributed by atoms with van der Waals surface area (Å²) >= 11 is 0. The molecule has 0 aliphatic heterocycles. The lowest BCUT2D eigenvalue weighted by Gasteiger charge is -2.62. The van der Waals surface area contributed by atoms with Crippen molar-refractivity contribution in [2.45, 2.75) is 111 Å². The van der Waals surface area contributed by atoms with Gasteiger partial charge in [-0.2, -0.15) is 5.26 Å². The highest BCUT2D eigenvalue weighted by atomic mass is 32.2. The highest BCUT2D eigenvalue weighted by Gasteiger charge is 2.64. The molecule has 4 aliphatic carbocycles. The maximum absolute atomic E-state index is 12.6. The van der Waals surface area contributed by atoms with Crippen LogP contribution in [0.4, 0.5) is 0 Å². The number of hydrogen-bond donors (Lipinski definition) is 2. The summed E-state index contributed by atoms with van der Waals surface area (Å²) in [6.45, 7) is 9.82. The number of nitrogens with zero attached hydrogens (tertiary/aromatic N) is 1. The lowest BCUT2D eigenvalue weighted by molar-refractivity contribution is -0.197. The minimum absolute atomic E-state index is 0.0131. The molecule has 4 fully saturated rings. The Morgan fingerprint density at radius 1 is 0.977 bits per heavy atom. The molecule has 0 unspecified atom stereocenters. The van der Waals surface area contributed by atoms with Crippen LogP contribution in [0.5, 0.6) is 0 Å². The normalized spacial score (nSPS) is 37.5. The lowest BCUT2D eigenvalue weighted by Crippen LogP contribution is -2.59. The molecule has 0 aromatic heterocycles. The zero-order valence-corrected chi connectivity index (χ0v) is 27.3. The lowest BCUT2D eigenvalue weighted by atomic mass is 9.43. The molecule has 10 nitrogen and oxygen atoms in total. The van der Waals surface area contributed by atoms with Crippen molar-refractivity contribution in [2.24, 2.45) is 46.3 Å². The van der Waals surface area contributed by atoms with Gasteiger partial charge in [0.25, 0.3) is 0 Å². The molecule has 0 aromatic rings. The van der Waals surface area contributed by atoms with E-state index < -0.39 is 10.0 Å². The summed E-state index contributed by atoms with van der Waals surface area (Å²) in [7, 11) is -3.59. The molecule has 0 aromatic carbocycles. The first-order valence-corrected chi connectivity index (χ1v) is 17.8. The Bertz CT molecular complexity index is 1200. The van der Waals surface area contributed by atoms with Crippen LogP contribution in [0.3, 0.4) is 0 Å². The number of nitriles is 1. The van der Waals surface area contributed by atoms with Crippen LogP contribution in [-0.2, 0) is 33.9 Å². The van der Waals surface area contributed by atoms with Crippen molar-refractivity contribution in [2.75, 3.05) is 18.8 Å². The summed E-state index contributed by atoms with van der Waals surface area (Å²) in [6, 6.07) is 1.74. The second-order valence-corrected chi connectivity index (χ2v) is 16.2. The summed E-state index contributed by atoms with van der Waals surface area (Å²) in [4.78, 5) is 36.6. The summed E-state index contributed by atoms with van der Waals surface area (Å²) in [5.41, 5.74) is 0.243. The fourth-order valence-electron chi connectivity index (χ4n) is 10.00. The zero-order valence-electron chi connectivity index (χ0n) is 26.5. The van der Waals surface area contributed by atoms with E-state index in [1.807, 2.05) is 0 Å². The molecule has 4 saturated carbocycles. The zero-order chi connectivity index (χ0) is 31.6. The van der Waals surface area contributed by atoms with E-state index in [0.29, 0.717) is 41.9 Å². The van der Waals surface area contributed by atoms with Crippen LogP contribution in [0.2, 0.25) is 0 Å². The number of carbonyl (C=O) groups excluding carboxylic acids is 3. The Hall–Kier alpha value is -2.19. The number of nitrogens with one attached hydrogen (secondary N) is 2. The maximum Gasteiger partial charge on any atom is 0.302 e. The smallest absolute Gasteiger partial charge is 0.302 e. The van der Waals surface area contributed by atoms with Gasteiger partial charge < -0.3 is 14.8 Å². The van der Waals surface area contributed by atoms with E-state index in [4.69, 9.17) is 14.7 Å². The fraction of sp³-hybridized carbons (Fsp3) is 0.875. The van der Waals surface area contributed by atoms with E-state index in [1.165, 1.54) is 13.8 Å². The number of ether oxygens (including phenoxy) is 2. The number of sulfonamides is 1. The molecule has 0 spiro atoms. The van der Waals surface area contributed by atoms with Crippen molar-refractivity contribution in [3.8, 4) is 6.07 Å². The molecule has 242 valence electrons. The van der Waals surface area contributed by atoms with Crippen LogP contribution in [0.25, 0.3) is 0 Å². The number of esters is 2. The molecule has 1 amide bonds. The third kappa shape index (κ3) is 7.38. The predicted octanol–water partition coefficient (Wildman–Crippen LogP) is 4.09. The number of hydrogen-bond acceptors (Lipinski definition) is 8. The molecule has 0 bridgehead atoms. The monoisotopic (exact) mass is 621 g/mol. The molecular formula is C32H51N3O7S. The topological polar surface area (TPSA) is 152 Å². The summed E-state index contributed by atoms with van der Waals surface area (Å²) in [6.07, 6.45) is 8.88. The first-order valence-electron chi connectivity index (χ1n) is 16.2. The van der Waals surface area contributed by atoms with E-state index in [1.54, 1.807) is 6.07 Å². The van der Waals surface area contributed by atoms with Gasteiger partial charge in [-0.25, -0.2) is 13.1 Å². The van der Waals surface area contributed by atoms with Crippen LogP contribution in [0, 0.1) is 57.7 Å². The van der Waals surface area contributed by atoms with E-state index >= 15 is 0 Å². The van der Waals surface area contributed by atoms with Crippen LogP contribution in [0.1, 0.15) is 98.8 Å². The molecule has 10 atom stereocenters. The van der Waals surface area contributed by atoms with Gasteiger partial charge in [0.2, 0.25) is 15.9 Å². The SMILES string of the molecule is CC(=O)O[C@@H]1CC[C@@]2(C)[C@@H](C1)C[C@@H](OC(C)=O)[C@@H]1[C@@H]2CC[C@]2(C)[C@@H]([C@H](C)CCC(=O)NCCS(=O)(=O)NCC#N)CC[C@@H]12.